The van der Waals surface area contributed by atoms with Crippen LogP contribution in [0.4, 0.5) is 13.2 Å². The summed E-state index contributed by atoms with van der Waals surface area (Å²) in [4.78, 5) is 0. The van der Waals surface area contributed by atoms with Crippen LogP contribution in [-0.4, -0.2) is 4.37 Å². The smallest absolute Gasteiger partial charge is 0.192 e. The minimum atomic E-state index is -4.55. The molecular formula is C5BrF3N2S. The maximum absolute atomic E-state index is 12.0. The van der Waals surface area contributed by atoms with E-state index in [4.69, 9.17) is 5.26 Å². The topological polar surface area (TPSA) is 36.7 Å². The number of aromatic nitrogens is 1. The predicted octanol–water partition coefficient (Wildman–Crippen LogP) is 2.80. The first kappa shape index (κ1) is 9.48. The molecule has 0 amide bonds. The van der Waals surface area contributed by atoms with Crippen molar-refractivity contribution in [3.63, 3.8) is 0 Å². The van der Waals surface area contributed by atoms with Crippen molar-refractivity contribution in [1.29, 1.82) is 5.26 Å². The Bertz CT molecular complexity index is 337. The van der Waals surface area contributed by atoms with Crippen LogP contribution in [0.5, 0.6) is 0 Å². The largest absolute Gasteiger partial charge is 0.435 e. The molecule has 0 aromatic carbocycles. The molecule has 0 spiro atoms. The normalized spacial score (nSPS) is 11.2. The molecule has 2 nitrogen and oxygen atoms in total. The first-order valence-electron chi connectivity index (χ1n) is 2.59. The average Bonchev–Trinajstić information content (AvgIpc) is 2.29. The van der Waals surface area contributed by atoms with Crippen molar-refractivity contribution in [3.05, 3.63) is 15.0 Å². The molecule has 1 aromatic heterocycles. The number of nitriles is 1. The van der Waals surface area contributed by atoms with Gasteiger partial charge in [-0.3, -0.25) is 0 Å². The van der Waals surface area contributed by atoms with Gasteiger partial charge in [0.05, 0.1) is 0 Å². The molecule has 0 fully saturated rings. The zero-order valence-corrected chi connectivity index (χ0v) is 7.72. The van der Waals surface area contributed by atoms with Crippen LogP contribution in [0.25, 0.3) is 0 Å². The van der Waals surface area contributed by atoms with Crippen LogP contribution >= 0.6 is 27.5 Å². The van der Waals surface area contributed by atoms with E-state index in [1.165, 1.54) is 6.07 Å². The average molecular weight is 257 g/mol. The van der Waals surface area contributed by atoms with Crippen molar-refractivity contribution in [3.8, 4) is 6.07 Å². The van der Waals surface area contributed by atoms with E-state index >= 15 is 0 Å². The summed E-state index contributed by atoms with van der Waals surface area (Å²) in [5.41, 5.74) is -1.57. The fourth-order valence-corrected chi connectivity index (χ4v) is 1.65. The van der Waals surface area contributed by atoms with Gasteiger partial charge >= 0.3 is 6.18 Å². The molecule has 64 valence electrons. The first-order valence-corrected chi connectivity index (χ1v) is 4.16. The summed E-state index contributed by atoms with van der Waals surface area (Å²) in [6.45, 7) is 0. The number of halogens is 4. The second-order valence-electron chi connectivity index (χ2n) is 1.79. The summed E-state index contributed by atoms with van der Waals surface area (Å²) in [5, 5.41) is 8.34. The van der Waals surface area contributed by atoms with Crippen LogP contribution in [0.3, 0.4) is 0 Å². The van der Waals surface area contributed by atoms with E-state index in [-0.39, 0.29) is 3.79 Å². The first-order chi connectivity index (χ1) is 5.46. The Balaban J connectivity index is 3.28. The number of hydrogen-bond acceptors (Lipinski definition) is 3. The highest BCUT2D eigenvalue weighted by atomic mass is 79.9. The Morgan fingerprint density at radius 2 is 2.08 bits per heavy atom. The quantitative estimate of drug-likeness (QED) is 0.716. The summed E-state index contributed by atoms with van der Waals surface area (Å²) in [5.74, 6) is 0. The van der Waals surface area contributed by atoms with Gasteiger partial charge in [-0.05, 0) is 27.5 Å². The molecule has 0 aliphatic heterocycles. The van der Waals surface area contributed by atoms with Crippen LogP contribution in [0.1, 0.15) is 11.3 Å². The molecule has 0 saturated carbocycles. The Labute approximate surface area is 77.9 Å². The lowest BCUT2D eigenvalue weighted by molar-refractivity contribution is -0.140. The molecule has 1 rings (SSSR count). The highest BCUT2D eigenvalue weighted by Crippen LogP contribution is 2.35. The molecule has 0 bridgehead atoms. The molecule has 0 N–H and O–H groups in total. The molecule has 12 heavy (non-hydrogen) atoms. The van der Waals surface area contributed by atoms with Crippen molar-refractivity contribution < 1.29 is 13.2 Å². The van der Waals surface area contributed by atoms with Crippen LogP contribution in [-0.2, 0) is 6.18 Å². The lowest BCUT2D eigenvalue weighted by Crippen LogP contribution is -2.07. The number of rotatable bonds is 0. The molecule has 0 unspecified atom stereocenters. The van der Waals surface area contributed by atoms with Crippen molar-refractivity contribution in [2.45, 2.75) is 6.18 Å². The van der Waals surface area contributed by atoms with Gasteiger partial charge in [-0.25, -0.2) is 0 Å². The second kappa shape index (κ2) is 3.03. The van der Waals surface area contributed by atoms with E-state index in [9.17, 15) is 13.2 Å². The zero-order valence-electron chi connectivity index (χ0n) is 5.31. The van der Waals surface area contributed by atoms with Gasteiger partial charge in [0.2, 0.25) is 0 Å². The number of alkyl halides is 3. The van der Waals surface area contributed by atoms with Gasteiger partial charge in [0.15, 0.2) is 5.69 Å². The van der Waals surface area contributed by atoms with Gasteiger partial charge in [0.25, 0.3) is 0 Å². The minimum absolute atomic E-state index is 0.109. The lowest BCUT2D eigenvalue weighted by Gasteiger charge is -2.00. The third kappa shape index (κ3) is 1.59. The Morgan fingerprint density at radius 3 is 2.42 bits per heavy atom. The monoisotopic (exact) mass is 256 g/mol. The molecule has 0 radical (unpaired) electrons. The molecule has 0 atom stereocenters. The van der Waals surface area contributed by atoms with Crippen LogP contribution in [0.15, 0.2) is 3.79 Å². The molecule has 0 aliphatic carbocycles. The lowest BCUT2D eigenvalue weighted by atomic mass is 10.3. The van der Waals surface area contributed by atoms with Gasteiger partial charge in [-0.2, -0.15) is 22.8 Å². The Kier molecular flexibility index (Phi) is 2.39. The van der Waals surface area contributed by atoms with Crippen molar-refractivity contribution in [2.75, 3.05) is 0 Å². The van der Waals surface area contributed by atoms with E-state index in [0.717, 1.165) is 0 Å². The predicted molar refractivity (Wildman–Crippen MR) is 39.5 cm³/mol. The molecule has 1 aromatic rings. The minimum Gasteiger partial charge on any atom is -0.192 e. The van der Waals surface area contributed by atoms with Crippen molar-refractivity contribution in [1.82, 2.24) is 4.37 Å². The van der Waals surface area contributed by atoms with Gasteiger partial charge < -0.3 is 0 Å². The van der Waals surface area contributed by atoms with Gasteiger partial charge in [0, 0.05) is 0 Å². The van der Waals surface area contributed by atoms with Gasteiger partial charge in [-0.15, -0.1) is 0 Å². The van der Waals surface area contributed by atoms with Crippen LogP contribution in [0, 0.1) is 11.3 Å². The summed E-state index contributed by atoms with van der Waals surface area (Å²) < 4.78 is 39.3. The fraction of sp³-hybridized carbons (Fsp3) is 0.200. The van der Waals surface area contributed by atoms with Crippen LogP contribution < -0.4 is 0 Å². The maximum Gasteiger partial charge on any atom is 0.435 e. The highest BCUT2D eigenvalue weighted by Gasteiger charge is 2.37. The SMILES string of the molecule is N#Cc1c(C(F)(F)F)nsc1Br. The molecule has 0 saturated heterocycles. The summed E-state index contributed by atoms with van der Waals surface area (Å²) in [7, 11) is 0. The van der Waals surface area contributed by atoms with E-state index in [0.29, 0.717) is 11.5 Å². The molecular weight excluding hydrogens is 257 g/mol. The molecule has 7 heteroatoms. The van der Waals surface area contributed by atoms with Crippen LogP contribution in [0.2, 0.25) is 0 Å². The third-order valence-corrected chi connectivity index (χ3v) is 2.50. The van der Waals surface area contributed by atoms with E-state index < -0.39 is 17.4 Å². The molecule has 1 heterocycles. The van der Waals surface area contributed by atoms with E-state index in [2.05, 4.69) is 20.3 Å². The Hall–Kier alpha value is -0.610. The second-order valence-corrected chi connectivity index (χ2v) is 3.88. The van der Waals surface area contributed by atoms with E-state index in [1.807, 2.05) is 0 Å². The number of nitrogens with zero attached hydrogens (tertiary/aromatic N) is 2. The number of hydrogen-bond donors (Lipinski definition) is 0. The summed E-state index contributed by atoms with van der Waals surface area (Å²) in [6.07, 6.45) is -4.55. The van der Waals surface area contributed by atoms with Gasteiger partial charge in [0.1, 0.15) is 15.4 Å². The van der Waals surface area contributed by atoms with Gasteiger partial charge in [-0.1, -0.05) is 0 Å². The standard InChI is InChI=1S/C5BrF3N2S/c6-4-2(1-10)3(11-12-4)5(7,8)9. The highest BCUT2D eigenvalue weighted by molar-refractivity contribution is 9.11. The van der Waals surface area contributed by atoms with E-state index in [1.54, 1.807) is 0 Å². The summed E-state index contributed by atoms with van der Waals surface area (Å²) in [6, 6.07) is 1.43. The fourth-order valence-electron chi connectivity index (χ4n) is 0.560. The van der Waals surface area contributed by atoms with Crippen molar-refractivity contribution >= 4 is 27.5 Å². The maximum atomic E-state index is 12.0. The third-order valence-electron chi connectivity index (χ3n) is 1.03. The Morgan fingerprint density at radius 1 is 1.50 bits per heavy atom. The van der Waals surface area contributed by atoms with Crippen molar-refractivity contribution in [2.24, 2.45) is 0 Å². The summed E-state index contributed by atoms with van der Waals surface area (Å²) >= 11 is 3.41. The molecule has 0 aliphatic rings. The zero-order chi connectivity index (χ0) is 9.35.